The number of imidazole rings is 1. The third kappa shape index (κ3) is 3.75. The SMILES string of the molecule is Cc1ccc2nc(-c3ccc(F)c(C)c3)c(CC(=O)NCCCO)n2c1. The van der Waals surface area contributed by atoms with Crippen molar-refractivity contribution in [3.05, 3.63) is 59.2 Å². The molecule has 0 radical (unpaired) electrons. The average Bonchev–Trinajstić information content (AvgIpc) is 2.95. The van der Waals surface area contributed by atoms with Crippen LogP contribution >= 0.6 is 0 Å². The topological polar surface area (TPSA) is 66.6 Å². The maximum absolute atomic E-state index is 13.6. The van der Waals surface area contributed by atoms with Crippen molar-refractivity contribution in [3.63, 3.8) is 0 Å². The van der Waals surface area contributed by atoms with Gasteiger partial charge in [0.2, 0.25) is 5.91 Å². The molecule has 0 atom stereocenters. The third-order valence-corrected chi connectivity index (χ3v) is 4.28. The van der Waals surface area contributed by atoms with E-state index in [2.05, 4.69) is 10.3 Å². The molecule has 3 rings (SSSR count). The van der Waals surface area contributed by atoms with E-state index in [1.807, 2.05) is 29.7 Å². The molecular weight excluding hydrogens is 333 g/mol. The highest BCUT2D eigenvalue weighted by Gasteiger charge is 2.17. The van der Waals surface area contributed by atoms with E-state index in [1.165, 1.54) is 6.07 Å². The number of nitrogens with one attached hydrogen (secondary N) is 1. The molecule has 0 saturated heterocycles. The number of aryl methyl sites for hydroxylation is 2. The summed E-state index contributed by atoms with van der Waals surface area (Å²) in [7, 11) is 0. The molecule has 0 unspecified atom stereocenters. The summed E-state index contributed by atoms with van der Waals surface area (Å²) in [5, 5.41) is 11.7. The van der Waals surface area contributed by atoms with Gasteiger partial charge >= 0.3 is 0 Å². The van der Waals surface area contributed by atoms with Crippen LogP contribution < -0.4 is 5.32 Å². The number of hydrogen-bond acceptors (Lipinski definition) is 3. The van der Waals surface area contributed by atoms with Gasteiger partial charge in [0.1, 0.15) is 11.5 Å². The number of benzene rings is 1. The average molecular weight is 355 g/mol. The Morgan fingerprint density at radius 3 is 2.81 bits per heavy atom. The van der Waals surface area contributed by atoms with Crippen LogP contribution in [0.2, 0.25) is 0 Å². The zero-order chi connectivity index (χ0) is 18.7. The zero-order valence-corrected chi connectivity index (χ0v) is 14.9. The zero-order valence-electron chi connectivity index (χ0n) is 14.9. The highest BCUT2D eigenvalue weighted by Crippen LogP contribution is 2.27. The second kappa shape index (κ2) is 7.66. The molecule has 0 aliphatic carbocycles. The highest BCUT2D eigenvalue weighted by atomic mass is 19.1. The predicted molar refractivity (Wildman–Crippen MR) is 98.5 cm³/mol. The normalized spacial score (nSPS) is 11.1. The number of pyridine rings is 1. The molecule has 2 N–H and O–H groups in total. The van der Waals surface area contributed by atoms with Gasteiger partial charge in [-0.3, -0.25) is 4.79 Å². The van der Waals surface area contributed by atoms with Crippen molar-refractivity contribution in [3.8, 4) is 11.3 Å². The van der Waals surface area contributed by atoms with Crippen molar-refractivity contribution in [2.75, 3.05) is 13.2 Å². The lowest BCUT2D eigenvalue weighted by Crippen LogP contribution is -2.27. The Hall–Kier alpha value is -2.73. The lowest BCUT2D eigenvalue weighted by molar-refractivity contribution is -0.120. The van der Waals surface area contributed by atoms with E-state index in [0.29, 0.717) is 24.2 Å². The van der Waals surface area contributed by atoms with Crippen LogP contribution in [0.15, 0.2) is 36.5 Å². The maximum atomic E-state index is 13.6. The first kappa shape index (κ1) is 18.1. The van der Waals surface area contributed by atoms with Crippen LogP contribution in [-0.2, 0) is 11.2 Å². The molecule has 1 aromatic carbocycles. The number of nitrogens with zero attached hydrogens (tertiary/aromatic N) is 2. The van der Waals surface area contributed by atoms with Crippen LogP contribution in [0, 0.1) is 19.7 Å². The summed E-state index contributed by atoms with van der Waals surface area (Å²) in [6, 6.07) is 8.72. The third-order valence-electron chi connectivity index (χ3n) is 4.28. The van der Waals surface area contributed by atoms with Crippen molar-refractivity contribution in [1.29, 1.82) is 0 Å². The number of rotatable bonds is 6. The maximum Gasteiger partial charge on any atom is 0.226 e. The van der Waals surface area contributed by atoms with Crippen LogP contribution in [0.5, 0.6) is 0 Å². The molecule has 0 bridgehead atoms. The largest absolute Gasteiger partial charge is 0.396 e. The minimum Gasteiger partial charge on any atom is -0.396 e. The van der Waals surface area contributed by atoms with Crippen molar-refractivity contribution in [2.45, 2.75) is 26.7 Å². The summed E-state index contributed by atoms with van der Waals surface area (Å²) >= 11 is 0. The number of halogens is 1. The van der Waals surface area contributed by atoms with Crippen LogP contribution in [0.25, 0.3) is 16.9 Å². The van der Waals surface area contributed by atoms with Gasteiger partial charge in [-0.15, -0.1) is 0 Å². The summed E-state index contributed by atoms with van der Waals surface area (Å²) in [4.78, 5) is 17.0. The number of aliphatic hydroxyl groups is 1. The Labute approximate surface area is 151 Å². The fourth-order valence-electron chi connectivity index (χ4n) is 2.91. The fourth-order valence-corrected chi connectivity index (χ4v) is 2.91. The van der Waals surface area contributed by atoms with Crippen molar-refractivity contribution < 1.29 is 14.3 Å². The highest BCUT2D eigenvalue weighted by molar-refractivity contribution is 5.81. The second-order valence-corrected chi connectivity index (χ2v) is 6.41. The standard InChI is InChI=1S/C20H22FN3O2/c1-13-4-7-18-23-20(15-5-6-16(21)14(2)10-15)17(24(18)12-13)11-19(26)22-8-3-9-25/h4-7,10,12,25H,3,8-9,11H2,1-2H3,(H,22,26). The fraction of sp³-hybridized carbons (Fsp3) is 0.300. The smallest absolute Gasteiger partial charge is 0.226 e. The van der Waals surface area contributed by atoms with Gasteiger partial charge < -0.3 is 14.8 Å². The Kier molecular flexibility index (Phi) is 5.32. The Bertz CT molecular complexity index is 950. The molecule has 2 aromatic heterocycles. The van der Waals surface area contributed by atoms with Crippen LogP contribution in [0.1, 0.15) is 23.2 Å². The molecule has 0 aliphatic rings. The summed E-state index contributed by atoms with van der Waals surface area (Å²) in [6.45, 7) is 4.15. The monoisotopic (exact) mass is 355 g/mol. The number of fused-ring (bicyclic) bond motifs is 1. The molecule has 5 nitrogen and oxygen atoms in total. The number of carbonyl (C=O) groups is 1. The Balaban J connectivity index is 2.04. The number of aromatic nitrogens is 2. The van der Waals surface area contributed by atoms with Gasteiger partial charge in [-0.25, -0.2) is 9.37 Å². The number of hydrogen-bond donors (Lipinski definition) is 2. The number of carbonyl (C=O) groups excluding carboxylic acids is 1. The first-order chi connectivity index (χ1) is 12.5. The molecule has 26 heavy (non-hydrogen) atoms. The second-order valence-electron chi connectivity index (χ2n) is 6.41. The summed E-state index contributed by atoms with van der Waals surface area (Å²) in [6.07, 6.45) is 2.61. The molecule has 0 aliphatic heterocycles. The van der Waals surface area contributed by atoms with Gasteiger partial charge in [-0.05, 0) is 55.7 Å². The lowest BCUT2D eigenvalue weighted by atomic mass is 10.1. The first-order valence-electron chi connectivity index (χ1n) is 8.61. The quantitative estimate of drug-likeness (QED) is 0.668. The molecular formula is C20H22FN3O2. The van der Waals surface area contributed by atoms with E-state index < -0.39 is 0 Å². The van der Waals surface area contributed by atoms with Crippen molar-refractivity contribution in [1.82, 2.24) is 14.7 Å². The van der Waals surface area contributed by atoms with Gasteiger partial charge in [0.05, 0.1) is 17.8 Å². The lowest BCUT2D eigenvalue weighted by Gasteiger charge is -2.08. The van der Waals surface area contributed by atoms with E-state index >= 15 is 0 Å². The summed E-state index contributed by atoms with van der Waals surface area (Å²) in [5.41, 5.74) is 4.55. The molecule has 1 amide bonds. The molecule has 0 saturated carbocycles. The first-order valence-corrected chi connectivity index (χ1v) is 8.61. The molecule has 0 spiro atoms. The van der Waals surface area contributed by atoms with Gasteiger partial charge in [0.15, 0.2) is 0 Å². The molecule has 2 heterocycles. The van der Waals surface area contributed by atoms with Crippen LogP contribution in [0.3, 0.4) is 0 Å². The minimum atomic E-state index is -0.267. The minimum absolute atomic E-state index is 0.0369. The van der Waals surface area contributed by atoms with Crippen molar-refractivity contribution >= 4 is 11.6 Å². The molecule has 6 heteroatoms. The Morgan fingerprint density at radius 2 is 2.08 bits per heavy atom. The summed E-state index contributed by atoms with van der Waals surface area (Å²) < 4.78 is 15.6. The van der Waals surface area contributed by atoms with Crippen LogP contribution in [0.4, 0.5) is 4.39 Å². The number of amides is 1. The van der Waals surface area contributed by atoms with Crippen LogP contribution in [-0.4, -0.2) is 33.6 Å². The Morgan fingerprint density at radius 1 is 1.27 bits per heavy atom. The predicted octanol–water partition coefficient (Wildman–Crippen LogP) is 2.80. The van der Waals surface area contributed by atoms with E-state index in [-0.39, 0.29) is 24.8 Å². The summed E-state index contributed by atoms with van der Waals surface area (Å²) in [5.74, 6) is -0.404. The van der Waals surface area contributed by atoms with Gasteiger partial charge in [0.25, 0.3) is 0 Å². The molecule has 136 valence electrons. The molecule has 3 aromatic rings. The number of aliphatic hydroxyl groups excluding tert-OH is 1. The molecule has 0 fully saturated rings. The van der Waals surface area contributed by atoms with E-state index in [1.54, 1.807) is 19.1 Å². The van der Waals surface area contributed by atoms with Gasteiger partial charge in [0, 0.05) is 24.9 Å². The van der Waals surface area contributed by atoms with E-state index in [4.69, 9.17) is 5.11 Å². The van der Waals surface area contributed by atoms with E-state index in [0.717, 1.165) is 22.5 Å². The van der Waals surface area contributed by atoms with Gasteiger partial charge in [-0.2, -0.15) is 0 Å². The van der Waals surface area contributed by atoms with Gasteiger partial charge in [-0.1, -0.05) is 6.07 Å². The van der Waals surface area contributed by atoms with E-state index in [9.17, 15) is 9.18 Å². The van der Waals surface area contributed by atoms with Crippen molar-refractivity contribution in [2.24, 2.45) is 0 Å².